The second-order valence-electron chi connectivity index (χ2n) is 3.51. The molecular weight excluding hydrogens is 254 g/mol. The first-order chi connectivity index (χ1) is 8.58. The first-order valence-electron chi connectivity index (χ1n) is 5.10. The Balaban J connectivity index is 2.37. The number of para-hydroxylation sites is 1. The minimum Gasteiger partial charge on any atom is -0.440 e. The van der Waals surface area contributed by atoms with Crippen LogP contribution in [0.25, 0.3) is 0 Å². The van der Waals surface area contributed by atoms with E-state index in [0.29, 0.717) is 10.6 Å². The molecule has 18 heavy (non-hydrogen) atoms. The van der Waals surface area contributed by atoms with Crippen molar-refractivity contribution < 1.29 is 14.5 Å². The summed E-state index contributed by atoms with van der Waals surface area (Å²) in [6.45, 7) is 1.36. The smallest absolute Gasteiger partial charge is 0.323 e. The lowest BCUT2D eigenvalue weighted by Crippen LogP contribution is -1.89. The van der Waals surface area contributed by atoms with Crippen LogP contribution in [0.2, 0.25) is 0 Å². The Kier molecular flexibility index (Phi) is 3.38. The number of carbonyl (C=O) groups excluding carboxylic acids is 1. The number of thiophene rings is 1. The Bertz CT molecular complexity index is 591. The fraction of sp³-hybridized carbons (Fsp3) is 0.0833. The van der Waals surface area contributed by atoms with E-state index >= 15 is 0 Å². The maximum absolute atomic E-state index is 11.2. The molecule has 0 spiro atoms. The normalized spacial score (nSPS) is 10.1. The molecule has 0 aliphatic carbocycles. The number of carbonyl (C=O) groups is 1. The molecule has 0 atom stereocenters. The van der Waals surface area contributed by atoms with E-state index < -0.39 is 4.92 Å². The maximum atomic E-state index is 11.2. The van der Waals surface area contributed by atoms with Crippen LogP contribution in [0.1, 0.15) is 16.6 Å². The summed E-state index contributed by atoms with van der Waals surface area (Å²) in [6.07, 6.45) is 0. The highest BCUT2D eigenvalue weighted by molar-refractivity contribution is 7.16. The van der Waals surface area contributed by atoms with Crippen LogP contribution in [0.3, 0.4) is 0 Å². The van der Waals surface area contributed by atoms with Crippen LogP contribution in [0, 0.1) is 10.1 Å². The standard InChI is InChI=1S/C12H9NO4S/c1-8(14)11-7-10(13(15)16)12(18-11)17-9-5-3-2-4-6-9/h2-7H,1H3. The summed E-state index contributed by atoms with van der Waals surface area (Å²) >= 11 is 0.977. The van der Waals surface area contributed by atoms with Crippen LogP contribution in [0.4, 0.5) is 5.69 Å². The lowest BCUT2D eigenvalue weighted by atomic mass is 10.3. The molecule has 0 aliphatic heterocycles. The predicted molar refractivity (Wildman–Crippen MR) is 67.5 cm³/mol. The average Bonchev–Trinajstić information content (AvgIpc) is 2.74. The molecule has 0 N–H and O–H groups in total. The van der Waals surface area contributed by atoms with Crippen molar-refractivity contribution in [2.45, 2.75) is 6.92 Å². The average molecular weight is 263 g/mol. The van der Waals surface area contributed by atoms with Gasteiger partial charge in [0.05, 0.1) is 9.80 Å². The van der Waals surface area contributed by atoms with Gasteiger partial charge >= 0.3 is 5.69 Å². The van der Waals surface area contributed by atoms with Gasteiger partial charge in [-0.1, -0.05) is 29.5 Å². The molecule has 2 rings (SSSR count). The molecule has 0 unspecified atom stereocenters. The quantitative estimate of drug-likeness (QED) is 0.479. The molecule has 0 saturated heterocycles. The fourth-order valence-electron chi connectivity index (χ4n) is 1.33. The molecule has 6 heteroatoms. The van der Waals surface area contributed by atoms with Crippen molar-refractivity contribution in [2.24, 2.45) is 0 Å². The van der Waals surface area contributed by atoms with Gasteiger partial charge in [0.25, 0.3) is 5.06 Å². The van der Waals surface area contributed by atoms with Crippen LogP contribution >= 0.6 is 11.3 Å². The van der Waals surface area contributed by atoms with Crippen LogP contribution in [-0.2, 0) is 0 Å². The molecule has 2 aromatic rings. The van der Waals surface area contributed by atoms with Crippen LogP contribution in [-0.4, -0.2) is 10.7 Å². The number of nitrogens with zero attached hydrogens (tertiary/aromatic N) is 1. The molecule has 0 aliphatic rings. The number of ether oxygens (including phenoxy) is 1. The van der Waals surface area contributed by atoms with E-state index in [-0.39, 0.29) is 16.5 Å². The first-order valence-corrected chi connectivity index (χ1v) is 5.91. The number of Topliss-reactive ketones (excluding diaryl/α,β-unsaturated/α-hetero) is 1. The van der Waals surface area contributed by atoms with Gasteiger partial charge in [0.1, 0.15) is 5.75 Å². The highest BCUT2D eigenvalue weighted by Gasteiger charge is 2.22. The summed E-state index contributed by atoms with van der Waals surface area (Å²) in [6, 6.07) is 9.97. The van der Waals surface area contributed by atoms with Crippen molar-refractivity contribution in [3.8, 4) is 10.8 Å². The molecule has 5 nitrogen and oxygen atoms in total. The van der Waals surface area contributed by atoms with E-state index in [4.69, 9.17) is 4.74 Å². The monoisotopic (exact) mass is 263 g/mol. The van der Waals surface area contributed by atoms with E-state index in [1.807, 2.05) is 6.07 Å². The maximum Gasteiger partial charge on any atom is 0.323 e. The molecule has 0 saturated carbocycles. The van der Waals surface area contributed by atoms with Crippen LogP contribution < -0.4 is 4.74 Å². The van der Waals surface area contributed by atoms with Crippen molar-refractivity contribution in [3.05, 3.63) is 51.4 Å². The van der Waals surface area contributed by atoms with Gasteiger partial charge in [0.15, 0.2) is 5.78 Å². The highest BCUT2D eigenvalue weighted by Crippen LogP contribution is 2.39. The number of ketones is 1. The van der Waals surface area contributed by atoms with Crippen LogP contribution in [0.5, 0.6) is 10.8 Å². The number of benzene rings is 1. The molecule has 0 fully saturated rings. The van der Waals surface area contributed by atoms with Crippen molar-refractivity contribution in [1.82, 2.24) is 0 Å². The summed E-state index contributed by atoms with van der Waals surface area (Å²) in [4.78, 5) is 21.8. The summed E-state index contributed by atoms with van der Waals surface area (Å²) in [5.41, 5.74) is -0.186. The fourth-order valence-corrected chi connectivity index (χ4v) is 2.22. The Morgan fingerprint density at radius 1 is 1.33 bits per heavy atom. The number of hydrogen-bond donors (Lipinski definition) is 0. The van der Waals surface area contributed by atoms with Gasteiger partial charge in [0.2, 0.25) is 0 Å². The minimum atomic E-state index is -0.554. The van der Waals surface area contributed by atoms with Crippen LogP contribution in [0.15, 0.2) is 36.4 Å². The van der Waals surface area contributed by atoms with Gasteiger partial charge in [-0.3, -0.25) is 14.9 Å². The molecule has 0 bridgehead atoms. The molecule has 0 amide bonds. The number of nitro groups is 1. The third kappa shape index (κ3) is 2.54. The molecule has 1 aromatic heterocycles. The topological polar surface area (TPSA) is 69.4 Å². The second-order valence-corrected chi connectivity index (χ2v) is 4.53. The first kappa shape index (κ1) is 12.3. The summed E-state index contributed by atoms with van der Waals surface area (Å²) in [5.74, 6) is 0.281. The third-order valence-electron chi connectivity index (χ3n) is 2.18. The van der Waals surface area contributed by atoms with Gasteiger partial charge in [-0.2, -0.15) is 0 Å². The van der Waals surface area contributed by atoms with Crippen molar-refractivity contribution >= 4 is 22.8 Å². The van der Waals surface area contributed by atoms with E-state index in [1.54, 1.807) is 24.3 Å². The highest BCUT2D eigenvalue weighted by atomic mass is 32.1. The SMILES string of the molecule is CC(=O)c1cc([N+](=O)[O-])c(Oc2ccccc2)s1. The zero-order valence-corrected chi connectivity index (χ0v) is 10.3. The van der Waals surface area contributed by atoms with Gasteiger partial charge in [0, 0.05) is 6.07 Å². The van der Waals surface area contributed by atoms with E-state index in [9.17, 15) is 14.9 Å². The van der Waals surface area contributed by atoms with Gasteiger partial charge < -0.3 is 4.74 Å². The Hall–Kier alpha value is -2.21. The zero-order valence-electron chi connectivity index (χ0n) is 9.45. The van der Waals surface area contributed by atoms with Crippen molar-refractivity contribution in [2.75, 3.05) is 0 Å². The van der Waals surface area contributed by atoms with Gasteiger partial charge in [-0.25, -0.2) is 0 Å². The van der Waals surface area contributed by atoms with Gasteiger partial charge in [-0.05, 0) is 19.1 Å². The Labute approximate surface area is 107 Å². The molecule has 92 valence electrons. The molecular formula is C12H9NO4S. The summed E-state index contributed by atoms with van der Waals surface area (Å²) in [7, 11) is 0. The lowest BCUT2D eigenvalue weighted by Gasteiger charge is -2.01. The van der Waals surface area contributed by atoms with E-state index in [1.165, 1.54) is 13.0 Å². The van der Waals surface area contributed by atoms with E-state index in [0.717, 1.165) is 11.3 Å². The van der Waals surface area contributed by atoms with E-state index in [2.05, 4.69) is 0 Å². The molecule has 0 radical (unpaired) electrons. The molecule has 1 aromatic carbocycles. The molecule has 1 heterocycles. The lowest BCUT2D eigenvalue weighted by molar-refractivity contribution is -0.385. The zero-order chi connectivity index (χ0) is 13.1. The van der Waals surface area contributed by atoms with Crippen molar-refractivity contribution in [1.29, 1.82) is 0 Å². The largest absolute Gasteiger partial charge is 0.440 e. The number of hydrogen-bond acceptors (Lipinski definition) is 5. The summed E-state index contributed by atoms with van der Waals surface area (Å²) in [5, 5.41) is 11.0. The Morgan fingerprint density at radius 3 is 2.56 bits per heavy atom. The summed E-state index contributed by atoms with van der Waals surface area (Å²) < 4.78 is 5.43. The third-order valence-corrected chi connectivity index (χ3v) is 3.28. The van der Waals surface area contributed by atoms with Gasteiger partial charge in [-0.15, -0.1) is 0 Å². The Morgan fingerprint density at radius 2 is 2.00 bits per heavy atom. The second kappa shape index (κ2) is 4.97. The predicted octanol–water partition coefficient (Wildman–Crippen LogP) is 3.65. The minimum absolute atomic E-state index is 0.122. The van der Waals surface area contributed by atoms with Crippen molar-refractivity contribution in [3.63, 3.8) is 0 Å². The number of rotatable bonds is 4.